The van der Waals surface area contributed by atoms with Gasteiger partial charge >= 0.3 is 0 Å². The maximum atomic E-state index is 12.8. The minimum absolute atomic E-state index is 0.00595. The molecular formula is C28H30N4O4S. The van der Waals surface area contributed by atoms with Gasteiger partial charge in [0.05, 0.1) is 12.7 Å². The zero-order valence-electron chi connectivity index (χ0n) is 21.2. The number of benzene rings is 2. The van der Waals surface area contributed by atoms with E-state index in [9.17, 15) is 4.79 Å². The van der Waals surface area contributed by atoms with Crippen LogP contribution in [0.1, 0.15) is 36.5 Å². The summed E-state index contributed by atoms with van der Waals surface area (Å²) in [6, 6.07) is 11.5. The van der Waals surface area contributed by atoms with Gasteiger partial charge < -0.3 is 14.2 Å². The van der Waals surface area contributed by atoms with Crippen LogP contribution in [0, 0.1) is 12.3 Å². The highest BCUT2D eigenvalue weighted by Gasteiger charge is 2.35. The van der Waals surface area contributed by atoms with Crippen LogP contribution in [0.3, 0.4) is 0 Å². The van der Waals surface area contributed by atoms with Crippen LogP contribution in [0.5, 0.6) is 17.2 Å². The van der Waals surface area contributed by atoms with Gasteiger partial charge in [-0.3, -0.25) is 10.2 Å². The van der Waals surface area contributed by atoms with Crippen LogP contribution in [0.2, 0.25) is 0 Å². The largest absolute Gasteiger partial charge is 0.493 e. The van der Waals surface area contributed by atoms with Gasteiger partial charge in [-0.2, -0.15) is 15.1 Å². The number of methoxy groups -OCH3 is 1. The molecular weight excluding hydrogens is 488 g/mol. The lowest BCUT2D eigenvalue weighted by Gasteiger charge is -2.20. The average Bonchev–Trinajstić information content (AvgIpc) is 3.29. The maximum Gasteiger partial charge on any atom is 0.283 e. The molecule has 2 aromatic carbocycles. The third-order valence-electron chi connectivity index (χ3n) is 5.63. The van der Waals surface area contributed by atoms with E-state index >= 15 is 0 Å². The Morgan fingerprint density at radius 1 is 1.16 bits per heavy atom. The summed E-state index contributed by atoms with van der Waals surface area (Å²) < 4.78 is 17.5. The predicted molar refractivity (Wildman–Crippen MR) is 149 cm³/mol. The minimum atomic E-state index is -0.463. The van der Waals surface area contributed by atoms with Crippen molar-refractivity contribution >= 4 is 39.8 Å². The fraction of sp³-hybridized carbons (Fsp3) is 0.286. The molecule has 0 fully saturated rings. The lowest BCUT2D eigenvalue weighted by Crippen LogP contribution is -2.35. The van der Waals surface area contributed by atoms with E-state index in [1.807, 2.05) is 37.3 Å². The molecule has 8 nitrogen and oxygen atoms in total. The first kappa shape index (κ1) is 26.2. The molecule has 0 atom stereocenters. The van der Waals surface area contributed by atoms with E-state index < -0.39 is 5.91 Å². The van der Waals surface area contributed by atoms with Crippen LogP contribution in [0.25, 0.3) is 6.08 Å². The highest BCUT2D eigenvalue weighted by molar-refractivity contribution is 8.26. The number of aryl methyl sites for hydroxylation is 1. The molecule has 9 heteroatoms. The molecule has 0 unspecified atom stereocenters. The van der Waals surface area contributed by atoms with Gasteiger partial charge in [-0.1, -0.05) is 30.7 Å². The van der Waals surface area contributed by atoms with Gasteiger partial charge in [-0.15, -0.1) is 6.58 Å². The van der Waals surface area contributed by atoms with E-state index in [2.05, 4.69) is 23.6 Å². The molecule has 1 amide bonds. The van der Waals surface area contributed by atoms with E-state index in [1.165, 1.54) is 22.3 Å². The van der Waals surface area contributed by atoms with E-state index in [0.717, 1.165) is 29.2 Å². The van der Waals surface area contributed by atoms with Crippen molar-refractivity contribution in [2.45, 2.75) is 33.1 Å². The number of carbonyl (C=O) groups is 1. The van der Waals surface area contributed by atoms with Crippen LogP contribution >= 0.6 is 11.8 Å². The number of hydrogen-bond donors (Lipinski definition) is 1. The number of aliphatic imine (C=N–C) groups is 1. The average molecular weight is 519 g/mol. The maximum absolute atomic E-state index is 12.8. The van der Waals surface area contributed by atoms with Crippen LogP contribution in [-0.2, 0) is 11.2 Å². The summed E-state index contributed by atoms with van der Waals surface area (Å²) in [4.78, 5) is 16.9. The van der Waals surface area contributed by atoms with Gasteiger partial charge in [0, 0.05) is 5.56 Å². The van der Waals surface area contributed by atoms with Crippen molar-refractivity contribution in [2.24, 2.45) is 10.1 Å². The third kappa shape index (κ3) is 6.11. The van der Waals surface area contributed by atoms with Crippen molar-refractivity contribution in [3.05, 3.63) is 71.3 Å². The summed E-state index contributed by atoms with van der Waals surface area (Å²) in [5.74, 6) is 1.43. The molecule has 0 saturated heterocycles. The first-order chi connectivity index (χ1) is 17.9. The quantitative estimate of drug-likeness (QED) is 0.236. The zero-order valence-corrected chi connectivity index (χ0v) is 22.1. The molecule has 1 N–H and O–H groups in total. The van der Waals surface area contributed by atoms with E-state index in [0.29, 0.717) is 41.9 Å². The van der Waals surface area contributed by atoms with Crippen LogP contribution in [0.15, 0.2) is 64.7 Å². The highest BCUT2D eigenvalue weighted by Crippen LogP contribution is 2.35. The van der Waals surface area contributed by atoms with Gasteiger partial charge in [0.15, 0.2) is 17.3 Å². The molecule has 2 heterocycles. The fourth-order valence-corrected chi connectivity index (χ4v) is 4.83. The Morgan fingerprint density at radius 2 is 1.92 bits per heavy atom. The molecule has 37 heavy (non-hydrogen) atoms. The summed E-state index contributed by atoms with van der Waals surface area (Å²) >= 11 is 1.34. The SMILES string of the molecule is C=CCc1cc(/C=C2/C(=N)N3N=C(CCC)SC3=NC2=O)cc(OC)c1OCCOc1ccc(C)cc1. The second kappa shape index (κ2) is 11.9. The summed E-state index contributed by atoms with van der Waals surface area (Å²) in [6.07, 6.45) is 5.65. The summed E-state index contributed by atoms with van der Waals surface area (Å²) in [6.45, 7) is 8.63. The first-order valence-corrected chi connectivity index (χ1v) is 12.9. The topological polar surface area (TPSA) is 96.6 Å². The van der Waals surface area contributed by atoms with Crippen LogP contribution < -0.4 is 14.2 Å². The lowest BCUT2D eigenvalue weighted by molar-refractivity contribution is -0.114. The van der Waals surface area contributed by atoms with E-state index in [-0.39, 0.29) is 11.4 Å². The number of fused-ring (bicyclic) bond motifs is 1. The normalized spacial score (nSPS) is 15.9. The van der Waals surface area contributed by atoms with Gasteiger partial charge in [-0.25, -0.2) is 0 Å². The second-order valence-electron chi connectivity index (χ2n) is 8.48. The number of amides is 1. The number of allylic oxidation sites excluding steroid dienone is 1. The summed E-state index contributed by atoms with van der Waals surface area (Å²) in [5, 5.41) is 15.8. The standard InChI is InChI=1S/C28H30N4O4S/c1-5-7-20-15-19(16-22-26(29)32-28(30-27(22)33)37-24(31-32)8-6-2)17-23(34-4)25(20)36-14-13-35-21-11-9-18(3)10-12-21/h5,9-12,15-17,29H,1,6-8,13-14H2,2-4H3/b22-16-,29-26?. The Kier molecular flexibility index (Phi) is 8.45. The first-order valence-electron chi connectivity index (χ1n) is 12.1. The van der Waals surface area contributed by atoms with Crippen molar-refractivity contribution in [3.63, 3.8) is 0 Å². The van der Waals surface area contributed by atoms with Crippen molar-refractivity contribution in [1.82, 2.24) is 5.01 Å². The second-order valence-corrected chi connectivity index (χ2v) is 9.52. The molecule has 0 radical (unpaired) electrons. The number of hydrazone groups is 1. The Labute approximate surface area is 221 Å². The molecule has 4 rings (SSSR count). The Morgan fingerprint density at radius 3 is 2.62 bits per heavy atom. The van der Waals surface area contributed by atoms with Crippen molar-refractivity contribution in [2.75, 3.05) is 20.3 Å². The van der Waals surface area contributed by atoms with Gasteiger partial charge in [0.2, 0.25) is 5.17 Å². The fourth-order valence-electron chi connectivity index (χ4n) is 3.84. The molecule has 2 aliphatic rings. The highest BCUT2D eigenvalue weighted by atomic mass is 32.2. The van der Waals surface area contributed by atoms with Gasteiger partial charge in [0.25, 0.3) is 5.91 Å². The van der Waals surface area contributed by atoms with Gasteiger partial charge in [-0.05, 0) is 73.9 Å². The number of rotatable bonds is 11. The number of carbonyl (C=O) groups excluding carboxylic acids is 1. The summed E-state index contributed by atoms with van der Waals surface area (Å²) in [7, 11) is 1.56. The van der Waals surface area contributed by atoms with Crippen molar-refractivity contribution in [1.29, 1.82) is 5.41 Å². The number of thioether (sulfide) groups is 1. The van der Waals surface area contributed by atoms with Crippen molar-refractivity contribution < 1.29 is 19.0 Å². The van der Waals surface area contributed by atoms with E-state index in [4.69, 9.17) is 19.6 Å². The zero-order chi connectivity index (χ0) is 26.4. The molecule has 0 bridgehead atoms. The van der Waals surface area contributed by atoms with Gasteiger partial charge in [0.1, 0.15) is 24.0 Å². The Balaban J connectivity index is 1.54. The van der Waals surface area contributed by atoms with Crippen molar-refractivity contribution in [3.8, 4) is 17.2 Å². The molecule has 0 aliphatic carbocycles. The molecule has 192 valence electrons. The lowest BCUT2D eigenvalue weighted by atomic mass is 10.0. The molecule has 0 spiro atoms. The number of nitrogens with zero attached hydrogens (tertiary/aromatic N) is 3. The number of nitrogens with one attached hydrogen (secondary N) is 1. The van der Waals surface area contributed by atoms with E-state index in [1.54, 1.807) is 25.3 Å². The third-order valence-corrected chi connectivity index (χ3v) is 6.60. The Hall–Kier alpha value is -3.85. The molecule has 2 aliphatic heterocycles. The number of ether oxygens (including phenoxy) is 3. The Bertz CT molecular complexity index is 1300. The molecule has 2 aromatic rings. The number of hydrogen-bond acceptors (Lipinski definition) is 7. The predicted octanol–water partition coefficient (Wildman–Crippen LogP) is 5.61. The van der Waals surface area contributed by atoms with Crippen LogP contribution in [-0.4, -0.2) is 47.3 Å². The molecule has 0 saturated carbocycles. The molecule has 0 aromatic heterocycles. The monoisotopic (exact) mass is 518 g/mol. The number of amidine groups is 2. The smallest absolute Gasteiger partial charge is 0.283 e. The van der Waals surface area contributed by atoms with Crippen LogP contribution in [0.4, 0.5) is 0 Å². The summed E-state index contributed by atoms with van der Waals surface area (Å²) in [5.41, 5.74) is 2.87. The minimum Gasteiger partial charge on any atom is -0.493 e.